The van der Waals surface area contributed by atoms with Crippen LogP contribution in [0.1, 0.15) is 12.0 Å². The van der Waals surface area contributed by atoms with E-state index in [1.165, 1.54) is 7.11 Å². The second-order valence-corrected chi connectivity index (χ2v) is 5.50. The van der Waals surface area contributed by atoms with Crippen LogP contribution in [0.4, 0.5) is 0 Å². The second kappa shape index (κ2) is 5.33. The predicted molar refractivity (Wildman–Crippen MR) is 77.0 cm³/mol. The molecule has 0 saturated carbocycles. The Kier molecular flexibility index (Phi) is 3.51. The van der Waals surface area contributed by atoms with E-state index in [-0.39, 0.29) is 29.9 Å². The maximum atomic E-state index is 12.2. The third-order valence-electron chi connectivity index (χ3n) is 4.27. The number of hydrogen-bond acceptors (Lipinski definition) is 4. The molecule has 0 aliphatic carbocycles. The Labute approximate surface area is 123 Å². The van der Waals surface area contributed by atoms with E-state index < -0.39 is 0 Å². The Morgan fingerprint density at radius 1 is 1.43 bits per heavy atom. The van der Waals surface area contributed by atoms with Crippen LogP contribution in [0.2, 0.25) is 0 Å². The van der Waals surface area contributed by atoms with Gasteiger partial charge < -0.3 is 10.1 Å². The molecule has 0 spiro atoms. The van der Waals surface area contributed by atoms with Crippen molar-refractivity contribution in [1.82, 2.24) is 10.2 Å². The molecule has 5 heteroatoms. The third kappa shape index (κ3) is 2.34. The summed E-state index contributed by atoms with van der Waals surface area (Å²) in [6.07, 6.45) is 0.481. The van der Waals surface area contributed by atoms with Crippen molar-refractivity contribution < 1.29 is 14.3 Å². The zero-order valence-corrected chi connectivity index (χ0v) is 11.9. The van der Waals surface area contributed by atoms with Gasteiger partial charge in [0.2, 0.25) is 5.91 Å². The average molecular weight is 286 g/mol. The van der Waals surface area contributed by atoms with E-state index in [1.807, 2.05) is 30.3 Å². The van der Waals surface area contributed by atoms with Crippen LogP contribution in [-0.2, 0) is 20.9 Å². The van der Waals surface area contributed by atoms with Crippen LogP contribution in [0.5, 0.6) is 0 Å². The number of rotatable bonds is 3. The van der Waals surface area contributed by atoms with Crippen LogP contribution in [0, 0.1) is 5.92 Å². The number of fused-ring (bicyclic) bond motifs is 2. The van der Waals surface area contributed by atoms with Gasteiger partial charge in [-0.3, -0.25) is 14.5 Å². The van der Waals surface area contributed by atoms with E-state index in [0.717, 1.165) is 5.56 Å². The van der Waals surface area contributed by atoms with Crippen molar-refractivity contribution >= 4 is 11.9 Å². The summed E-state index contributed by atoms with van der Waals surface area (Å²) in [6, 6.07) is 9.42. The Morgan fingerprint density at radius 2 is 2.14 bits per heavy atom. The predicted octanol–water partition coefficient (Wildman–Crippen LogP) is 1.06. The first kappa shape index (κ1) is 13.8. The number of benzene rings is 1. The lowest BCUT2D eigenvalue weighted by Gasteiger charge is -2.36. The fourth-order valence-corrected chi connectivity index (χ4v) is 3.33. The van der Waals surface area contributed by atoms with Gasteiger partial charge in [0.25, 0.3) is 0 Å². The minimum Gasteiger partial charge on any atom is -0.469 e. The van der Waals surface area contributed by atoms with E-state index in [9.17, 15) is 9.59 Å². The number of piperazine rings is 1. The van der Waals surface area contributed by atoms with Gasteiger partial charge in [-0.15, -0.1) is 0 Å². The first-order chi connectivity index (χ1) is 10.1. The maximum Gasteiger partial charge on any atom is 0.310 e. The first-order valence-electron chi connectivity index (χ1n) is 6.99. The summed E-state index contributed by atoms with van der Waals surface area (Å²) in [5.74, 6) is -0.702. The molecule has 0 radical (unpaired) electrons. The van der Waals surface area contributed by atoms with Crippen LogP contribution >= 0.6 is 0 Å². The van der Waals surface area contributed by atoms with Crippen molar-refractivity contribution in [2.75, 3.05) is 7.11 Å². The van der Waals surface area contributed by atoms with Crippen molar-refractivity contribution in [2.45, 2.75) is 25.0 Å². The molecule has 3 atom stereocenters. The summed E-state index contributed by atoms with van der Waals surface area (Å²) in [5.41, 5.74) is 1.69. The van der Waals surface area contributed by atoms with Gasteiger partial charge >= 0.3 is 5.97 Å². The number of ether oxygens (including phenoxy) is 1. The van der Waals surface area contributed by atoms with Crippen molar-refractivity contribution in [1.29, 1.82) is 0 Å². The lowest BCUT2D eigenvalue weighted by molar-refractivity contribution is -0.146. The van der Waals surface area contributed by atoms with Crippen LogP contribution in [0.3, 0.4) is 0 Å². The maximum absolute atomic E-state index is 12.2. The lowest BCUT2D eigenvalue weighted by atomic mass is 9.98. The van der Waals surface area contributed by atoms with E-state index in [1.54, 1.807) is 0 Å². The van der Waals surface area contributed by atoms with Crippen molar-refractivity contribution in [3.8, 4) is 0 Å². The van der Waals surface area contributed by atoms with E-state index >= 15 is 0 Å². The first-order valence-corrected chi connectivity index (χ1v) is 6.99. The molecule has 1 N–H and O–H groups in total. The van der Waals surface area contributed by atoms with Crippen LogP contribution in [0.15, 0.2) is 42.6 Å². The molecule has 2 saturated heterocycles. The number of methoxy groups -OCH3 is 1. The summed E-state index contributed by atoms with van der Waals surface area (Å²) in [7, 11) is 1.38. The molecule has 1 aromatic carbocycles. The summed E-state index contributed by atoms with van der Waals surface area (Å²) in [4.78, 5) is 26.2. The van der Waals surface area contributed by atoms with Gasteiger partial charge in [-0.25, -0.2) is 0 Å². The van der Waals surface area contributed by atoms with Gasteiger partial charge in [-0.1, -0.05) is 36.9 Å². The topological polar surface area (TPSA) is 58.6 Å². The SMILES string of the molecule is C=C1NC(=O)[C@@H]2C[C@@H](C(=O)OC)[C@H]1N2Cc1ccccc1. The number of hydrogen-bond donors (Lipinski definition) is 1. The Bertz CT molecular complexity index is 584. The van der Waals surface area contributed by atoms with E-state index in [0.29, 0.717) is 18.7 Å². The molecule has 2 fully saturated rings. The molecule has 2 aliphatic heterocycles. The molecule has 110 valence electrons. The largest absolute Gasteiger partial charge is 0.469 e. The molecule has 21 heavy (non-hydrogen) atoms. The standard InChI is InChI=1S/C16H18N2O3/c1-10-14-12(16(20)21-2)8-13(15(19)17-10)18(14)9-11-6-4-3-5-7-11/h3-7,12-14H,1,8-9H2,2H3,(H,17,19)/t12-,13+,14+/m1/s1. The van der Waals surface area contributed by atoms with Gasteiger partial charge in [-0.2, -0.15) is 0 Å². The molecule has 1 aromatic rings. The van der Waals surface area contributed by atoms with Crippen LogP contribution in [0.25, 0.3) is 0 Å². The zero-order valence-electron chi connectivity index (χ0n) is 11.9. The van der Waals surface area contributed by atoms with Crippen molar-refractivity contribution in [2.24, 2.45) is 5.92 Å². The minimum atomic E-state index is -0.338. The quantitative estimate of drug-likeness (QED) is 0.844. The number of nitrogens with zero attached hydrogens (tertiary/aromatic N) is 1. The van der Waals surface area contributed by atoms with Gasteiger partial charge in [-0.05, 0) is 12.0 Å². The summed E-state index contributed by atoms with van der Waals surface area (Å²) in [5, 5.41) is 2.78. The molecule has 0 unspecified atom stereocenters. The molecule has 2 heterocycles. The average Bonchev–Trinajstić information content (AvgIpc) is 2.80. The fourth-order valence-electron chi connectivity index (χ4n) is 3.33. The normalized spacial score (nSPS) is 28.3. The number of carbonyl (C=O) groups is 2. The minimum absolute atomic E-state index is 0.0846. The molecule has 5 nitrogen and oxygen atoms in total. The molecular formula is C16H18N2O3. The van der Waals surface area contributed by atoms with Crippen LogP contribution in [-0.4, -0.2) is 36.0 Å². The Balaban J connectivity index is 1.90. The number of amides is 1. The fraction of sp³-hybridized carbons (Fsp3) is 0.375. The third-order valence-corrected chi connectivity index (χ3v) is 4.27. The summed E-state index contributed by atoms with van der Waals surface area (Å²) in [6.45, 7) is 4.54. The Morgan fingerprint density at radius 3 is 2.81 bits per heavy atom. The van der Waals surface area contributed by atoms with Gasteiger partial charge in [0.05, 0.1) is 25.1 Å². The highest BCUT2D eigenvalue weighted by Gasteiger charge is 2.52. The zero-order chi connectivity index (χ0) is 15.0. The van der Waals surface area contributed by atoms with E-state index in [4.69, 9.17) is 4.74 Å². The number of carbonyl (C=O) groups excluding carboxylic acids is 2. The Hall–Kier alpha value is -2.14. The molecular weight excluding hydrogens is 268 g/mol. The van der Waals surface area contributed by atoms with Crippen molar-refractivity contribution in [3.63, 3.8) is 0 Å². The second-order valence-electron chi connectivity index (χ2n) is 5.50. The van der Waals surface area contributed by atoms with Crippen LogP contribution < -0.4 is 5.32 Å². The molecule has 2 aliphatic rings. The molecule has 1 amide bonds. The molecule has 2 bridgehead atoms. The molecule has 0 aromatic heterocycles. The highest BCUT2D eigenvalue weighted by molar-refractivity contribution is 5.88. The highest BCUT2D eigenvalue weighted by Crippen LogP contribution is 2.38. The monoisotopic (exact) mass is 286 g/mol. The number of esters is 1. The smallest absolute Gasteiger partial charge is 0.310 e. The molecule has 3 rings (SSSR count). The summed E-state index contributed by atoms with van der Waals surface area (Å²) < 4.78 is 4.88. The van der Waals surface area contributed by atoms with Crippen molar-refractivity contribution in [3.05, 3.63) is 48.2 Å². The summed E-state index contributed by atoms with van der Waals surface area (Å²) >= 11 is 0. The number of nitrogens with one attached hydrogen (secondary N) is 1. The lowest BCUT2D eigenvalue weighted by Crippen LogP contribution is -2.54. The van der Waals surface area contributed by atoms with E-state index in [2.05, 4.69) is 16.8 Å². The van der Waals surface area contributed by atoms with Gasteiger partial charge in [0.15, 0.2) is 0 Å². The van der Waals surface area contributed by atoms with Gasteiger partial charge in [0, 0.05) is 12.2 Å². The van der Waals surface area contributed by atoms with Gasteiger partial charge in [0.1, 0.15) is 0 Å². The highest BCUT2D eigenvalue weighted by atomic mass is 16.5.